The lowest BCUT2D eigenvalue weighted by Crippen LogP contribution is -2.41. The number of ether oxygens (including phenoxy) is 1. The SMILES string of the molecule is CCCC(NC(=O)OC(C)(C)C)OS(C)(=O)=O. The number of hydrogen-bond acceptors (Lipinski definition) is 5. The van der Waals surface area contributed by atoms with E-state index in [0.29, 0.717) is 12.8 Å². The molecule has 0 saturated heterocycles. The molecule has 0 aromatic carbocycles. The van der Waals surface area contributed by atoms with Crippen molar-refractivity contribution >= 4 is 16.2 Å². The van der Waals surface area contributed by atoms with Crippen molar-refractivity contribution in [2.24, 2.45) is 0 Å². The fourth-order valence-corrected chi connectivity index (χ4v) is 1.62. The van der Waals surface area contributed by atoms with Gasteiger partial charge in [0.15, 0.2) is 6.23 Å². The average Bonchev–Trinajstić information content (AvgIpc) is 1.95. The fraction of sp³-hybridized carbons (Fsp3) is 0.900. The van der Waals surface area contributed by atoms with Crippen molar-refractivity contribution in [2.75, 3.05) is 6.26 Å². The number of amides is 1. The van der Waals surface area contributed by atoms with Crippen LogP contribution in [0.1, 0.15) is 40.5 Å². The lowest BCUT2D eigenvalue weighted by molar-refractivity contribution is 0.0394. The second-order valence-corrected chi connectivity index (χ2v) is 6.32. The first-order valence-corrected chi connectivity index (χ1v) is 7.23. The predicted molar refractivity (Wildman–Crippen MR) is 64.0 cm³/mol. The minimum absolute atomic E-state index is 0.395. The summed E-state index contributed by atoms with van der Waals surface area (Å²) in [5.74, 6) is 0. The van der Waals surface area contributed by atoms with Crippen LogP contribution in [0.2, 0.25) is 0 Å². The van der Waals surface area contributed by atoms with Crippen molar-refractivity contribution < 1.29 is 22.1 Å². The van der Waals surface area contributed by atoms with E-state index in [1.165, 1.54) is 0 Å². The van der Waals surface area contributed by atoms with Crippen LogP contribution in [0.5, 0.6) is 0 Å². The second-order valence-electron chi connectivity index (χ2n) is 4.72. The van der Waals surface area contributed by atoms with Gasteiger partial charge in [-0.15, -0.1) is 0 Å². The van der Waals surface area contributed by atoms with E-state index >= 15 is 0 Å². The van der Waals surface area contributed by atoms with Gasteiger partial charge in [0.2, 0.25) is 0 Å². The van der Waals surface area contributed by atoms with Crippen molar-refractivity contribution in [3.63, 3.8) is 0 Å². The van der Waals surface area contributed by atoms with Gasteiger partial charge in [0.1, 0.15) is 5.60 Å². The Hall–Kier alpha value is -0.820. The lowest BCUT2D eigenvalue weighted by Gasteiger charge is -2.22. The van der Waals surface area contributed by atoms with E-state index in [4.69, 9.17) is 8.92 Å². The molecule has 1 N–H and O–H groups in total. The first-order valence-electron chi connectivity index (χ1n) is 5.41. The predicted octanol–water partition coefficient (Wildman–Crippen LogP) is 1.61. The maximum atomic E-state index is 11.4. The Balaban J connectivity index is 4.40. The highest BCUT2D eigenvalue weighted by molar-refractivity contribution is 7.86. The molecule has 0 bridgehead atoms. The van der Waals surface area contributed by atoms with Gasteiger partial charge in [-0.25, -0.2) is 8.98 Å². The van der Waals surface area contributed by atoms with Gasteiger partial charge in [0, 0.05) is 0 Å². The van der Waals surface area contributed by atoms with Crippen LogP contribution in [-0.2, 0) is 19.0 Å². The third kappa shape index (κ3) is 10.1. The largest absolute Gasteiger partial charge is 0.444 e. The van der Waals surface area contributed by atoms with Crippen LogP contribution in [0.3, 0.4) is 0 Å². The molecule has 0 aliphatic carbocycles. The Kier molecular flexibility index (Phi) is 5.91. The molecule has 0 aromatic heterocycles. The first kappa shape index (κ1) is 16.2. The van der Waals surface area contributed by atoms with Gasteiger partial charge in [-0.05, 0) is 27.2 Å². The van der Waals surface area contributed by atoms with Crippen molar-refractivity contribution in [1.82, 2.24) is 5.32 Å². The van der Waals surface area contributed by atoms with Gasteiger partial charge in [0.05, 0.1) is 6.26 Å². The summed E-state index contributed by atoms with van der Waals surface area (Å²) in [5.41, 5.74) is -0.633. The minimum atomic E-state index is -3.61. The van der Waals surface area contributed by atoms with E-state index in [1.807, 2.05) is 6.92 Å². The molecule has 0 saturated carbocycles. The number of carbonyl (C=O) groups is 1. The molecule has 0 rings (SSSR count). The van der Waals surface area contributed by atoms with Crippen LogP contribution in [0.25, 0.3) is 0 Å². The zero-order valence-corrected chi connectivity index (χ0v) is 11.8. The summed E-state index contributed by atoms with van der Waals surface area (Å²) >= 11 is 0. The molecule has 0 aliphatic heterocycles. The van der Waals surface area contributed by atoms with Crippen molar-refractivity contribution in [3.05, 3.63) is 0 Å². The van der Waals surface area contributed by atoms with Gasteiger partial charge >= 0.3 is 6.09 Å². The van der Waals surface area contributed by atoms with Gasteiger partial charge in [-0.2, -0.15) is 8.42 Å². The van der Waals surface area contributed by atoms with Crippen molar-refractivity contribution in [2.45, 2.75) is 52.4 Å². The normalized spacial score (nSPS) is 14.2. The van der Waals surface area contributed by atoms with Crippen LogP contribution in [-0.4, -0.2) is 32.6 Å². The third-order valence-electron chi connectivity index (χ3n) is 1.52. The van der Waals surface area contributed by atoms with E-state index in [1.54, 1.807) is 20.8 Å². The van der Waals surface area contributed by atoms with E-state index < -0.39 is 28.0 Å². The van der Waals surface area contributed by atoms with Gasteiger partial charge in [-0.3, -0.25) is 5.32 Å². The molecule has 0 spiro atoms. The zero-order valence-electron chi connectivity index (χ0n) is 10.9. The summed E-state index contributed by atoms with van der Waals surface area (Å²) in [6.45, 7) is 7.02. The molecule has 0 aromatic rings. The van der Waals surface area contributed by atoms with Crippen LogP contribution >= 0.6 is 0 Å². The van der Waals surface area contributed by atoms with E-state index in [-0.39, 0.29) is 0 Å². The molecule has 0 heterocycles. The second kappa shape index (κ2) is 6.20. The first-order chi connectivity index (χ1) is 7.53. The van der Waals surface area contributed by atoms with Crippen LogP contribution < -0.4 is 5.32 Å². The maximum absolute atomic E-state index is 11.4. The lowest BCUT2D eigenvalue weighted by atomic mass is 10.2. The number of nitrogens with one attached hydrogen (secondary N) is 1. The van der Waals surface area contributed by atoms with Gasteiger partial charge < -0.3 is 4.74 Å². The molecular formula is C10H21NO5S. The molecular weight excluding hydrogens is 246 g/mol. The number of carbonyl (C=O) groups excluding carboxylic acids is 1. The molecule has 1 unspecified atom stereocenters. The number of rotatable bonds is 5. The average molecular weight is 267 g/mol. The van der Waals surface area contributed by atoms with Crippen LogP contribution in [0.15, 0.2) is 0 Å². The van der Waals surface area contributed by atoms with Gasteiger partial charge in [0.25, 0.3) is 10.1 Å². The Labute approximate surface area is 103 Å². The smallest absolute Gasteiger partial charge is 0.409 e. The molecule has 1 atom stereocenters. The van der Waals surface area contributed by atoms with Gasteiger partial charge in [-0.1, -0.05) is 13.3 Å². The quantitative estimate of drug-likeness (QED) is 0.604. The summed E-state index contributed by atoms with van der Waals surface area (Å²) in [6.07, 6.45) is 0.429. The molecule has 0 radical (unpaired) electrons. The van der Waals surface area contributed by atoms with E-state index in [9.17, 15) is 13.2 Å². The van der Waals surface area contributed by atoms with Crippen LogP contribution in [0.4, 0.5) is 4.79 Å². The highest BCUT2D eigenvalue weighted by Gasteiger charge is 2.21. The highest BCUT2D eigenvalue weighted by Crippen LogP contribution is 2.08. The fourth-order valence-electron chi connectivity index (χ4n) is 1.06. The van der Waals surface area contributed by atoms with Crippen LogP contribution in [0, 0.1) is 0 Å². The molecule has 17 heavy (non-hydrogen) atoms. The molecule has 0 aliphatic rings. The van der Waals surface area contributed by atoms with E-state index in [2.05, 4.69) is 5.32 Å². The third-order valence-corrected chi connectivity index (χ3v) is 2.10. The Morgan fingerprint density at radius 2 is 1.88 bits per heavy atom. The standard InChI is InChI=1S/C10H21NO5S/c1-6-7-8(16-17(5,13)14)11-9(12)15-10(2,3)4/h8H,6-7H2,1-5H3,(H,11,12). The zero-order chi connectivity index (χ0) is 13.7. The molecule has 1 amide bonds. The van der Waals surface area contributed by atoms with Crippen molar-refractivity contribution in [3.8, 4) is 0 Å². The summed E-state index contributed by atoms with van der Waals surface area (Å²) < 4.78 is 31.7. The number of hydrogen-bond donors (Lipinski definition) is 1. The molecule has 0 fully saturated rings. The molecule has 102 valence electrons. The molecule has 6 nitrogen and oxygen atoms in total. The number of alkyl carbamates (subject to hydrolysis) is 1. The topological polar surface area (TPSA) is 81.7 Å². The molecule has 7 heteroatoms. The Morgan fingerprint density at radius 1 is 1.35 bits per heavy atom. The summed E-state index contributed by atoms with van der Waals surface area (Å²) in [7, 11) is -3.61. The Bertz CT molecular complexity index is 344. The highest BCUT2D eigenvalue weighted by atomic mass is 32.2. The minimum Gasteiger partial charge on any atom is -0.444 e. The summed E-state index contributed by atoms with van der Waals surface area (Å²) in [6, 6.07) is 0. The van der Waals surface area contributed by atoms with E-state index in [0.717, 1.165) is 6.26 Å². The monoisotopic (exact) mass is 267 g/mol. The van der Waals surface area contributed by atoms with Crippen molar-refractivity contribution in [1.29, 1.82) is 0 Å². The maximum Gasteiger partial charge on any atom is 0.409 e. The summed E-state index contributed by atoms with van der Waals surface area (Å²) in [5, 5.41) is 2.37. The Morgan fingerprint density at radius 3 is 2.24 bits per heavy atom. The summed E-state index contributed by atoms with van der Waals surface area (Å²) in [4.78, 5) is 11.4.